The van der Waals surface area contributed by atoms with Crippen LogP contribution in [0.3, 0.4) is 0 Å². The number of halogens is 1. The third kappa shape index (κ3) is 6.16. The summed E-state index contributed by atoms with van der Waals surface area (Å²) in [6.45, 7) is 7.22. The molecule has 4 rings (SSSR count). The quantitative estimate of drug-likeness (QED) is 0.382. The molecule has 0 radical (unpaired) electrons. The van der Waals surface area contributed by atoms with Gasteiger partial charge in [-0.3, -0.25) is 4.84 Å². The lowest BCUT2D eigenvalue weighted by atomic mass is 9.92. The number of anilines is 2. The molecule has 198 valence electrons. The zero-order valence-electron chi connectivity index (χ0n) is 21.5. The van der Waals surface area contributed by atoms with E-state index in [-0.39, 0.29) is 29.1 Å². The number of fused-ring (bicyclic) bond motifs is 1. The molecule has 1 amide bonds. The first-order chi connectivity index (χ1) is 17.4. The average Bonchev–Trinajstić information content (AvgIpc) is 3.18. The number of carbonyl (C=O) groups excluding carboxylic acids is 1. The molecule has 1 N–H and O–H groups in total. The highest BCUT2D eigenvalue weighted by Gasteiger charge is 2.32. The lowest BCUT2D eigenvalue weighted by molar-refractivity contribution is -0.0128. The molecule has 0 spiro atoms. The molecule has 1 saturated carbocycles. The second-order valence-corrected chi connectivity index (χ2v) is 11.2. The van der Waals surface area contributed by atoms with E-state index in [4.69, 9.17) is 9.57 Å². The van der Waals surface area contributed by atoms with Crippen LogP contribution >= 0.6 is 11.3 Å². The monoisotopic (exact) mass is 530 g/mol. The van der Waals surface area contributed by atoms with Crippen LogP contribution in [0.15, 0.2) is 30.5 Å². The van der Waals surface area contributed by atoms with Crippen molar-refractivity contribution in [3.8, 4) is 0 Å². The molecule has 1 fully saturated rings. The molecule has 11 heteroatoms. The van der Waals surface area contributed by atoms with E-state index in [1.807, 2.05) is 20.8 Å². The van der Waals surface area contributed by atoms with E-state index in [9.17, 15) is 19.1 Å². The molecular weight excluding hydrogens is 499 g/mol. The molecule has 1 aliphatic carbocycles. The summed E-state index contributed by atoms with van der Waals surface area (Å²) in [4.78, 5) is 42.0. The molecule has 2 unspecified atom stereocenters. The van der Waals surface area contributed by atoms with Gasteiger partial charge in [-0.1, -0.05) is 0 Å². The summed E-state index contributed by atoms with van der Waals surface area (Å²) in [5.41, 5.74) is 0.537. The summed E-state index contributed by atoms with van der Waals surface area (Å²) >= 11 is 1.07. The Hall–Kier alpha value is -3.31. The molecule has 37 heavy (non-hydrogen) atoms. The average molecular weight is 531 g/mol. The van der Waals surface area contributed by atoms with Crippen LogP contribution in [0, 0.1) is 12.7 Å². The minimum absolute atomic E-state index is 0.0786. The highest BCUT2D eigenvalue weighted by atomic mass is 32.1. The van der Waals surface area contributed by atoms with Crippen LogP contribution < -0.4 is 5.06 Å². The number of aromatic nitrogens is 2. The zero-order valence-corrected chi connectivity index (χ0v) is 22.3. The van der Waals surface area contributed by atoms with Crippen molar-refractivity contribution in [3.63, 3.8) is 0 Å². The van der Waals surface area contributed by atoms with Crippen LogP contribution in [-0.2, 0) is 9.57 Å². The van der Waals surface area contributed by atoms with Gasteiger partial charge in [0.1, 0.15) is 21.1 Å². The summed E-state index contributed by atoms with van der Waals surface area (Å²) in [5.74, 6) is -1.20. The van der Waals surface area contributed by atoms with Gasteiger partial charge in [0.05, 0.1) is 11.8 Å². The van der Waals surface area contributed by atoms with Gasteiger partial charge in [-0.2, -0.15) is 10.0 Å². The number of carbonyl (C=O) groups is 2. The highest BCUT2D eigenvalue weighted by Crippen LogP contribution is 2.34. The molecule has 0 aliphatic heterocycles. The van der Waals surface area contributed by atoms with Crippen molar-refractivity contribution in [2.24, 2.45) is 0 Å². The maximum atomic E-state index is 13.7. The van der Waals surface area contributed by atoms with Crippen molar-refractivity contribution in [3.05, 3.63) is 46.7 Å². The minimum Gasteiger partial charge on any atom is -0.477 e. The SMILES string of the molecule is Cc1c(C(=O)O)sc2nc(N(OC3CCCC(N(C)C(=O)OC(C)(C)C)C3)c3ccc(F)cc3)ncc12. The number of rotatable bonds is 6. The Bertz CT molecular complexity index is 1290. The lowest BCUT2D eigenvalue weighted by Crippen LogP contribution is -2.45. The highest BCUT2D eigenvalue weighted by molar-refractivity contribution is 7.20. The Kier molecular flexibility index (Phi) is 7.65. The van der Waals surface area contributed by atoms with Crippen LogP contribution in [-0.4, -0.2) is 56.8 Å². The van der Waals surface area contributed by atoms with Crippen molar-refractivity contribution in [1.82, 2.24) is 14.9 Å². The lowest BCUT2D eigenvalue weighted by Gasteiger charge is -2.37. The fraction of sp³-hybridized carbons (Fsp3) is 0.462. The third-order valence-electron chi connectivity index (χ3n) is 6.20. The molecule has 2 heterocycles. The topological polar surface area (TPSA) is 105 Å². The van der Waals surface area contributed by atoms with Gasteiger partial charge < -0.3 is 14.7 Å². The number of aromatic carboxylic acids is 1. The van der Waals surface area contributed by atoms with Gasteiger partial charge in [0, 0.05) is 24.7 Å². The van der Waals surface area contributed by atoms with Gasteiger partial charge in [0.15, 0.2) is 0 Å². The predicted octanol–water partition coefficient (Wildman–Crippen LogP) is 6.08. The summed E-state index contributed by atoms with van der Waals surface area (Å²) in [7, 11) is 1.73. The Morgan fingerprint density at radius 1 is 1.19 bits per heavy atom. The molecule has 0 bridgehead atoms. The number of nitrogens with zero attached hydrogens (tertiary/aromatic N) is 4. The molecule has 2 aromatic heterocycles. The predicted molar refractivity (Wildman–Crippen MR) is 139 cm³/mol. The Morgan fingerprint density at radius 2 is 1.89 bits per heavy atom. The van der Waals surface area contributed by atoms with Gasteiger partial charge in [-0.15, -0.1) is 11.3 Å². The van der Waals surface area contributed by atoms with E-state index in [2.05, 4.69) is 9.97 Å². The second kappa shape index (κ2) is 10.6. The first-order valence-corrected chi connectivity index (χ1v) is 12.9. The van der Waals surface area contributed by atoms with Crippen LogP contribution in [0.25, 0.3) is 10.2 Å². The van der Waals surface area contributed by atoms with Crippen molar-refractivity contribution in [2.45, 2.75) is 71.1 Å². The Morgan fingerprint density at radius 3 is 2.54 bits per heavy atom. The van der Waals surface area contributed by atoms with Gasteiger partial charge in [-0.05, 0) is 83.2 Å². The first-order valence-electron chi connectivity index (χ1n) is 12.1. The van der Waals surface area contributed by atoms with Crippen molar-refractivity contribution in [1.29, 1.82) is 0 Å². The molecule has 1 aromatic carbocycles. The first kappa shape index (κ1) is 26.7. The fourth-order valence-corrected chi connectivity index (χ4v) is 5.28. The van der Waals surface area contributed by atoms with Crippen molar-refractivity contribution < 1.29 is 28.7 Å². The van der Waals surface area contributed by atoms with Gasteiger partial charge in [-0.25, -0.2) is 19.0 Å². The van der Waals surface area contributed by atoms with Gasteiger partial charge in [0.25, 0.3) is 5.95 Å². The fourth-order valence-electron chi connectivity index (χ4n) is 4.29. The molecule has 3 aromatic rings. The number of benzene rings is 1. The largest absolute Gasteiger partial charge is 0.477 e. The van der Waals surface area contributed by atoms with Crippen LogP contribution in [0.4, 0.5) is 20.8 Å². The number of amides is 1. The van der Waals surface area contributed by atoms with E-state index in [0.29, 0.717) is 27.9 Å². The summed E-state index contributed by atoms with van der Waals surface area (Å²) < 4.78 is 19.2. The van der Waals surface area contributed by atoms with E-state index >= 15 is 0 Å². The van der Waals surface area contributed by atoms with E-state index < -0.39 is 17.4 Å². The number of aryl methyl sites for hydroxylation is 1. The number of hydrogen-bond donors (Lipinski definition) is 1. The molecule has 0 saturated heterocycles. The van der Waals surface area contributed by atoms with Crippen molar-refractivity contribution in [2.75, 3.05) is 12.1 Å². The zero-order chi connectivity index (χ0) is 26.9. The number of carboxylic acid groups (broad SMARTS) is 1. The standard InChI is InChI=1S/C26H31FN4O5S/c1-15-20-14-28-24(29-22(20)37-21(15)23(32)33)31(17-11-9-16(27)10-12-17)36-19-8-6-7-18(13-19)30(5)25(34)35-26(2,3)4/h9-12,14,18-19H,6-8,13H2,1-5H3,(H,32,33). The number of ether oxygens (including phenoxy) is 1. The van der Waals surface area contributed by atoms with E-state index in [1.165, 1.54) is 17.2 Å². The molecule has 9 nitrogen and oxygen atoms in total. The Balaban J connectivity index is 1.61. The smallest absolute Gasteiger partial charge is 0.410 e. The summed E-state index contributed by atoms with van der Waals surface area (Å²) in [5, 5.41) is 11.6. The van der Waals surface area contributed by atoms with Crippen LogP contribution in [0.5, 0.6) is 0 Å². The van der Waals surface area contributed by atoms with Gasteiger partial charge >= 0.3 is 12.1 Å². The second-order valence-electron chi connectivity index (χ2n) is 10.2. The normalized spacial score (nSPS) is 18.0. The van der Waals surface area contributed by atoms with Gasteiger partial charge in [0.2, 0.25) is 0 Å². The molecule has 2 atom stereocenters. The molecule has 1 aliphatic rings. The van der Waals surface area contributed by atoms with Crippen molar-refractivity contribution >= 4 is 45.3 Å². The van der Waals surface area contributed by atoms with Crippen LogP contribution in [0.2, 0.25) is 0 Å². The number of thiophene rings is 1. The summed E-state index contributed by atoms with van der Waals surface area (Å²) in [6, 6.07) is 5.70. The Labute approximate surface area is 218 Å². The van der Waals surface area contributed by atoms with E-state index in [1.54, 1.807) is 37.2 Å². The maximum Gasteiger partial charge on any atom is 0.410 e. The minimum atomic E-state index is -1.02. The molecular formula is C26H31FN4O5S. The maximum absolute atomic E-state index is 13.7. The third-order valence-corrected chi connectivity index (χ3v) is 7.39. The number of carboxylic acids is 1. The summed E-state index contributed by atoms with van der Waals surface area (Å²) in [6.07, 6.45) is 3.90. The number of hydrogen-bond acceptors (Lipinski definition) is 8. The van der Waals surface area contributed by atoms with Crippen LogP contribution in [0.1, 0.15) is 61.7 Å². The van der Waals surface area contributed by atoms with E-state index in [0.717, 1.165) is 30.6 Å².